The van der Waals surface area contributed by atoms with Crippen LogP contribution in [0.2, 0.25) is 0 Å². The molecule has 0 aromatic heterocycles. The van der Waals surface area contributed by atoms with Crippen molar-refractivity contribution in [1.29, 1.82) is 0 Å². The molecule has 2 unspecified atom stereocenters. The molecule has 1 aliphatic carbocycles. The minimum Gasteiger partial charge on any atom is -0.382 e. The van der Waals surface area contributed by atoms with Crippen molar-refractivity contribution in [3.63, 3.8) is 0 Å². The maximum atomic E-state index is 13.5. The molecule has 1 fully saturated rings. The Morgan fingerprint density at radius 2 is 2.06 bits per heavy atom. The topological polar surface area (TPSA) is 12.0 Å². The van der Waals surface area contributed by atoms with Crippen LogP contribution >= 0.6 is 0 Å². The van der Waals surface area contributed by atoms with Gasteiger partial charge in [0.15, 0.2) is 0 Å². The third-order valence-electron chi connectivity index (χ3n) is 3.96. The molecule has 0 heterocycles. The minimum absolute atomic E-state index is 0.112. The highest BCUT2D eigenvalue weighted by Crippen LogP contribution is 2.29. The zero-order valence-electron chi connectivity index (χ0n) is 10.8. The number of hydrogen-bond acceptors (Lipinski definition) is 1. The Labute approximate surface area is 103 Å². The molecule has 2 rings (SSSR count). The maximum absolute atomic E-state index is 13.5. The lowest BCUT2D eigenvalue weighted by molar-refractivity contribution is 0.317. The fourth-order valence-electron chi connectivity index (χ4n) is 2.78. The normalized spacial score (nSPS) is 24.6. The number of halogens is 1. The smallest absolute Gasteiger partial charge is 0.128 e. The van der Waals surface area contributed by atoms with Crippen LogP contribution in [0.5, 0.6) is 0 Å². The van der Waals surface area contributed by atoms with E-state index in [2.05, 4.69) is 12.2 Å². The van der Waals surface area contributed by atoms with E-state index in [0.29, 0.717) is 11.6 Å². The molecule has 0 radical (unpaired) electrons. The summed E-state index contributed by atoms with van der Waals surface area (Å²) in [6.45, 7) is 4.05. The van der Waals surface area contributed by atoms with Crippen LogP contribution < -0.4 is 5.32 Å². The Morgan fingerprint density at radius 1 is 1.29 bits per heavy atom. The summed E-state index contributed by atoms with van der Waals surface area (Å²) in [6, 6.07) is 5.98. The lowest BCUT2D eigenvalue weighted by atomic mass is 9.83. The second kappa shape index (κ2) is 5.52. The lowest BCUT2D eigenvalue weighted by Crippen LogP contribution is -2.31. The summed E-state index contributed by atoms with van der Waals surface area (Å²) in [5, 5.41) is 3.51. The molecule has 0 aliphatic heterocycles. The van der Waals surface area contributed by atoms with Gasteiger partial charge in [0.2, 0.25) is 0 Å². The van der Waals surface area contributed by atoms with Crippen molar-refractivity contribution >= 4 is 5.69 Å². The van der Waals surface area contributed by atoms with Gasteiger partial charge in [-0.2, -0.15) is 0 Å². The molecule has 0 bridgehead atoms. The van der Waals surface area contributed by atoms with Gasteiger partial charge in [0.1, 0.15) is 5.82 Å². The first-order chi connectivity index (χ1) is 8.20. The second-order valence-corrected chi connectivity index (χ2v) is 5.17. The van der Waals surface area contributed by atoms with Crippen LogP contribution in [0.3, 0.4) is 0 Å². The van der Waals surface area contributed by atoms with Crippen molar-refractivity contribution in [1.82, 2.24) is 0 Å². The maximum Gasteiger partial charge on any atom is 0.128 e. The Morgan fingerprint density at radius 3 is 2.76 bits per heavy atom. The zero-order valence-corrected chi connectivity index (χ0v) is 10.8. The summed E-state index contributed by atoms with van der Waals surface area (Å²) in [4.78, 5) is 0. The van der Waals surface area contributed by atoms with Crippen LogP contribution in [0.4, 0.5) is 10.1 Å². The average Bonchev–Trinajstić information content (AvgIpc) is 2.34. The van der Waals surface area contributed by atoms with Crippen molar-refractivity contribution in [3.8, 4) is 0 Å². The van der Waals surface area contributed by atoms with Crippen molar-refractivity contribution < 1.29 is 4.39 Å². The quantitative estimate of drug-likeness (QED) is 0.812. The molecule has 1 aromatic carbocycles. The van der Waals surface area contributed by atoms with Gasteiger partial charge in [0, 0.05) is 11.7 Å². The fraction of sp³-hybridized carbons (Fsp3) is 0.600. The van der Waals surface area contributed by atoms with E-state index in [-0.39, 0.29) is 5.82 Å². The van der Waals surface area contributed by atoms with Crippen LogP contribution in [0.25, 0.3) is 0 Å². The van der Waals surface area contributed by atoms with Gasteiger partial charge in [-0.1, -0.05) is 32.3 Å². The van der Waals surface area contributed by atoms with Crippen molar-refractivity contribution in [2.24, 2.45) is 5.92 Å². The standard InChI is InChI=1S/C15H22FN/c1-3-12-6-4-5-7-15(12)17-13-9-8-11(2)14(16)10-13/h8-10,12,15,17H,3-7H2,1-2H3. The highest BCUT2D eigenvalue weighted by atomic mass is 19.1. The van der Waals surface area contributed by atoms with E-state index in [1.165, 1.54) is 32.1 Å². The molecule has 1 aromatic rings. The highest BCUT2D eigenvalue weighted by molar-refractivity contribution is 5.46. The van der Waals surface area contributed by atoms with E-state index in [1.807, 2.05) is 12.1 Å². The van der Waals surface area contributed by atoms with Gasteiger partial charge in [-0.15, -0.1) is 0 Å². The molecule has 2 heteroatoms. The molecule has 1 nitrogen and oxygen atoms in total. The summed E-state index contributed by atoms with van der Waals surface area (Å²) in [6.07, 6.45) is 6.38. The molecule has 1 aliphatic rings. The summed E-state index contributed by atoms with van der Waals surface area (Å²) < 4.78 is 13.5. The van der Waals surface area contributed by atoms with E-state index in [1.54, 1.807) is 13.0 Å². The largest absolute Gasteiger partial charge is 0.382 e. The third-order valence-corrected chi connectivity index (χ3v) is 3.96. The minimum atomic E-state index is -0.112. The number of anilines is 1. The number of benzene rings is 1. The van der Waals surface area contributed by atoms with Gasteiger partial charge in [-0.25, -0.2) is 4.39 Å². The van der Waals surface area contributed by atoms with Crippen LogP contribution in [-0.4, -0.2) is 6.04 Å². The van der Waals surface area contributed by atoms with Gasteiger partial charge >= 0.3 is 0 Å². The second-order valence-electron chi connectivity index (χ2n) is 5.17. The number of aryl methyl sites for hydroxylation is 1. The van der Waals surface area contributed by atoms with Gasteiger partial charge in [-0.3, -0.25) is 0 Å². The Bertz CT molecular complexity index is 375. The first kappa shape index (κ1) is 12.4. The molecule has 0 saturated heterocycles. The average molecular weight is 235 g/mol. The van der Waals surface area contributed by atoms with Crippen LogP contribution in [0, 0.1) is 18.7 Å². The summed E-state index contributed by atoms with van der Waals surface area (Å²) in [5.74, 6) is 0.631. The number of nitrogens with one attached hydrogen (secondary N) is 1. The van der Waals surface area contributed by atoms with Crippen LogP contribution in [-0.2, 0) is 0 Å². The summed E-state index contributed by atoms with van der Waals surface area (Å²) in [7, 11) is 0. The molecular weight excluding hydrogens is 213 g/mol. The van der Waals surface area contributed by atoms with E-state index < -0.39 is 0 Å². The van der Waals surface area contributed by atoms with Crippen LogP contribution in [0.15, 0.2) is 18.2 Å². The Kier molecular flexibility index (Phi) is 4.03. The lowest BCUT2D eigenvalue weighted by Gasteiger charge is -2.32. The Balaban J connectivity index is 2.05. The number of rotatable bonds is 3. The van der Waals surface area contributed by atoms with E-state index in [4.69, 9.17) is 0 Å². The molecule has 0 amide bonds. The summed E-state index contributed by atoms with van der Waals surface area (Å²) >= 11 is 0. The summed E-state index contributed by atoms with van der Waals surface area (Å²) in [5.41, 5.74) is 1.64. The molecule has 17 heavy (non-hydrogen) atoms. The van der Waals surface area contributed by atoms with E-state index in [9.17, 15) is 4.39 Å². The first-order valence-electron chi connectivity index (χ1n) is 6.73. The predicted molar refractivity (Wildman–Crippen MR) is 70.8 cm³/mol. The molecule has 1 N–H and O–H groups in total. The first-order valence-corrected chi connectivity index (χ1v) is 6.73. The highest BCUT2D eigenvalue weighted by Gasteiger charge is 2.23. The molecule has 94 valence electrons. The SMILES string of the molecule is CCC1CCCCC1Nc1ccc(C)c(F)c1. The molecular formula is C15H22FN. The molecule has 1 saturated carbocycles. The fourth-order valence-corrected chi connectivity index (χ4v) is 2.78. The van der Waals surface area contributed by atoms with Gasteiger partial charge in [-0.05, 0) is 43.4 Å². The molecule has 2 atom stereocenters. The monoisotopic (exact) mass is 235 g/mol. The van der Waals surface area contributed by atoms with E-state index in [0.717, 1.165) is 11.6 Å². The van der Waals surface area contributed by atoms with Crippen LogP contribution in [0.1, 0.15) is 44.6 Å². The van der Waals surface area contributed by atoms with Crippen molar-refractivity contribution in [3.05, 3.63) is 29.6 Å². The van der Waals surface area contributed by atoms with Gasteiger partial charge in [0.25, 0.3) is 0 Å². The van der Waals surface area contributed by atoms with Gasteiger partial charge in [0.05, 0.1) is 0 Å². The predicted octanol–water partition coefficient (Wildman–Crippen LogP) is 4.51. The van der Waals surface area contributed by atoms with Crippen molar-refractivity contribution in [2.45, 2.75) is 52.0 Å². The van der Waals surface area contributed by atoms with Gasteiger partial charge < -0.3 is 5.32 Å². The van der Waals surface area contributed by atoms with E-state index >= 15 is 0 Å². The Hall–Kier alpha value is -1.05. The number of hydrogen-bond donors (Lipinski definition) is 1. The van der Waals surface area contributed by atoms with Crippen molar-refractivity contribution in [2.75, 3.05) is 5.32 Å². The third kappa shape index (κ3) is 2.99. The molecule has 0 spiro atoms. The zero-order chi connectivity index (χ0) is 12.3.